The maximum Gasteiger partial charge on any atom is 0.413 e. The number of rotatable bonds is 6. The Labute approximate surface area is 145 Å². The van der Waals surface area contributed by atoms with E-state index in [1.807, 2.05) is 36.0 Å². The van der Waals surface area contributed by atoms with Gasteiger partial charge in [-0.15, -0.1) is 0 Å². The first-order valence-electron chi connectivity index (χ1n) is 8.21. The van der Waals surface area contributed by atoms with Crippen LogP contribution in [0, 0.1) is 0 Å². The zero-order chi connectivity index (χ0) is 17.6. The number of ether oxygens (including phenoxy) is 2. The van der Waals surface area contributed by atoms with E-state index in [0.29, 0.717) is 30.9 Å². The van der Waals surface area contributed by atoms with E-state index in [2.05, 4.69) is 10.00 Å². The van der Waals surface area contributed by atoms with Gasteiger partial charge in [-0.25, -0.2) is 9.49 Å². The molecule has 1 fully saturated rings. The van der Waals surface area contributed by atoms with Crippen LogP contribution in [0.5, 0.6) is 5.75 Å². The third-order valence-corrected chi connectivity index (χ3v) is 4.05. The van der Waals surface area contributed by atoms with Crippen molar-refractivity contribution in [2.24, 2.45) is 12.8 Å². The van der Waals surface area contributed by atoms with Crippen molar-refractivity contribution in [3.05, 3.63) is 36.2 Å². The first-order chi connectivity index (χ1) is 12.2. The number of nitrogens with two attached hydrogens (primary N) is 1. The lowest BCUT2D eigenvalue weighted by molar-refractivity contribution is -0.715. The molecule has 1 aliphatic heterocycles. The Morgan fingerprint density at radius 3 is 2.76 bits per heavy atom. The van der Waals surface area contributed by atoms with Gasteiger partial charge in [0.25, 0.3) is 0 Å². The number of nitrogens with one attached hydrogen (secondary N) is 1. The van der Waals surface area contributed by atoms with Crippen LogP contribution in [0.2, 0.25) is 0 Å². The molecule has 134 valence electrons. The average Bonchev–Trinajstić information content (AvgIpc) is 3.05. The molecule has 25 heavy (non-hydrogen) atoms. The summed E-state index contributed by atoms with van der Waals surface area (Å²) < 4.78 is 25.3. The number of aromatic nitrogens is 3. The summed E-state index contributed by atoms with van der Waals surface area (Å²) in [4.78, 5) is 6.89. The standard InChI is InChI=1S/C17H22FN5O2/c1-22-17(23-6-8-24-9-7-23)20-16(21-22)14-2-4-15(5-3-14)25-12-13(10-18)11-19/h2-5,10H,6-9,11-12,19H2,1H3/p+1/b13-10+. The van der Waals surface area contributed by atoms with Crippen LogP contribution in [0.25, 0.3) is 11.4 Å². The second kappa shape index (κ2) is 8.09. The molecule has 0 spiro atoms. The number of morpholine rings is 1. The van der Waals surface area contributed by atoms with Gasteiger partial charge in [0.15, 0.2) is 0 Å². The summed E-state index contributed by atoms with van der Waals surface area (Å²) in [5.41, 5.74) is 6.77. The minimum atomic E-state index is 0.141. The number of nitrogens with zero attached hydrogens (tertiary/aromatic N) is 3. The lowest BCUT2D eigenvalue weighted by Crippen LogP contribution is -2.45. The molecule has 3 rings (SSSR count). The van der Waals surface area contributed by atoms with Crippen LogP contribution >= 0.6 is 0 Å². The number of benzene rings is 1. The highest BCUT2D eigenvalue weighted by molar-refractivity contribution is 5.56. The van der Waals surface area contributed by atoms with Gasteiger partial charge in [0.2, 0.25) is 5.82 Å². The first-order valence-corrected chi connectivity index (χ1v) is 8.21. The summed E-state index contributed by atoms with van der Waals surface area (Å²) in [7, 11) is 1.94. The maximum absolute atomic E-state index is 12.5. The van der Waals surface area contributed by atoms with Crippen molar-refractivity contribution in [2.45, 2.75) is 0 Å². The highest BCUT2D eigenvalue weighted by Gasteiger charge is 2.26. The molecule has 0 bridgehead atoms. The van der Waals surface area contributed by atoms with Gasteiger partial charge in [-0.1, -0.05) is 0 Å². The van der Waals surface area contributed by atoms with Crippen LogP contribution in [-0.2, 0) is 11.8 Å². The van der Waals surface area contributed by atoms with Crippen molar-refractivity contribution in [2.75, 3.05) is 44.4 Å². The van der Waals surface area contributed by atoms with Gasteiger partial charge in [-0.3, -0.25) is 4.90 Å². The number of halogens is 1. The lowest BCUT2D eigenvalue weighted by atomic mass is 10.2. The summed E-state index contributed by atoms with van der Waals surface area (Å²) in [6, 6.07) is 7.49. The molecule has 0 amide bonds. The largest absolute Gasteiger partial charge is 0.489 e. The molecule has 1 aromatic carbocycles. The number of hydrogen-bond donors (Lipinski definition) is 2. The number of hydrogen-bond acceptors (Lipinski definition) is 5. The monoisotopic (exact) mass is 348 g/mol. The predicted molar refractivity (Wildman–Crippen MR) is 92.0 cm³/mol. The Hall–Kier alpha value is -2.45. The number of aromatic amines is 1. The summed E-state index contributed by atoms with van der Waals surface area (Å²) in [5.74, 6) is 2.32. The minimum absolute atomic E-state index is 0.141. The topological polar surface area (TPSA) is 80.3 Å². The van der Waals surface area contributed by atoms with Crippen molar-refractivity contribution < 1.29 is 18.5 Å². The summed E-state index contributed by atoms with van der Waals surface area (Å²) in [6.45, 7) is 3.37. The molecule has 7 nitrogen and oxygen atoms in total. The normalized spacial score (nSPS) is 15.5. The van der Waals surface area contributed by atoms with Crippen LogP contribution < -0.4 is 20.1 Å². The Kier molecular flexibility index (Phi) is 5.62. The molecule has 8 heteroatoms. The van der Waals surface area contributed by atoms with Crippen molar-refractivity contribution in [3.8, 4) is 17.1 Å². The van der Waals surface area contributed by atoms with Crippen LogP contribution in [-0.4, -0.2) is 49.5 Å². The molecule has 0 unspecified atom stereocenters. The van der Waals surface area contributed by atoms with Crippen LogP contribution in [0.15, 0.2) is 36.2 Å². The Morgan fingerprint density at radius 2 is 2.12 bits per heavy atom. The zero-order valence-electron chi connectivity index (χ0n) is 14.2. The Bertz CT molecular complexity index is 723. The van der Waals surface area contributed by atoms with Gasteiger partial charge in [0, 0.05) is 17.7 Å². The van der Waals surface area contributed by atoms with Gasteiger partial charge < -0.3 is 15.2 Å². The van der Waals surface area contributed by atoms with Crippen molar-refractivity contribution in [3.63, 3.8) is 0 Å². The predicted octanol–water partition coefficient (Wildman–Crippen LogP) is 0.929. The van der Waals surface area contributed by atoms with Crippen molar-refractivity contribution in [1.29, 1.82) is 0 Å². The number of H-pyrrole nitrogens is 1. The fourth-order valence-corrected chi connectivity index (χ4v) is 2.60. The Balaban J connectivity index is 1.70. The molecule has 1 saturated heterocycles. The van der Waals surface area contributed by atoms with Crippen LogP contribution in [0.1, 0.15) is 0 Å². The second-order valence-electron chi connectivity index (χ2n) is 5.82. The van der Waals surface area contributed by atoms with E-state index >= 15 is 0 Å². The van der Waals surface area contributed by atoms with Crippen molar-refractivity contribution >= 4 is 5.95 Å². The van der Waals surface area contributed by atoms with E-state index in [1.165, 1.54) is 0 Å². The van der Waals surface area contributed by atoms with Gasteiger partial charge >= 0.3 is 5.95 Å². The third kappa shape index (κ3) is 4.15. The van der Waals surface area contributed by atoms with Crippen LogP contribution in [0.4, 0.5) is 10.3 Å². The smallest absolute Gasteiger partial charge is 0.413 e. The Morgan fingerprint density at radius 1 is 1.40 bits per heavy atom. The third-order valence-electron chi connectivity index (χ3n) is 4.05. The van der Waals surface area contributed by atoms with E-state index in [1.54, 1.807) is 0 Å². The highest BCUT2D eigenvalue weighted by atomic mass is 19.1. The summed E-state index contributed by atoms with van der Waals surface area (Å²) >= 11 is 0. The molecule has 1 aliphatic rings. The maximum atomic E-state index is 12.5. The second-order valence-corrected chi connectivity index (χ2v) is 5.82. The molecule has 2 aromatic rings. The summed E-state index contributed by atoms with van der Waals surface area (Å²) in [6.07, 6.45) is 0.490. The fourth-order valence-electron chi connectivity index (χ4n) is 2.60. The van der Waals surface area contributed by atoms with Crippen LogP contribution in [0.3, 0.4) is 0 Å². The van der Waals surface area contributed by atoms with E-state index in [4.69, 9.17) is 20.2 Å². The van der Waals surface area contributed by atoms with E-state index in [-0.39, 0.29) is 13.2 Å². The lowest BCUT2D eigenvalue weighted by Gasteiger charge is -2.20. The SMILES string of the molecule is C[n+]1[nH]c(-c2ccc(OC/C(=C/F)CN)cc2)nc1N1CCOCC1. The molecule has 0 atom stereocenters. The minimum Gasteiger partial charge on any atom is -0.489 e. The zero-order valence-corrected chi connectivity index (χ0v) is 14.2. The van der Waals surface area contributed by atoms with Crippen molar-refractivity contribution in [1.82, 2.24) is 10.1 Å². The molecule has 3 N–H and O–H groups in total. The molecule has 2 heterocycles. The molecule has 0 aliphatic carbocycles. The van der Waals surface area contributed by atoms with Gasteiger partial charge in [0.05, 0.1) is 39.7 Å². The first kappa shape index (κ1) is 17.4. The van der Waals surface area contributed by atoms with E-state index < -0.39 is 0 Å². The average molecular weight is 348 g/mol. The molecule has 0 saturated carbocycles. The number of anilines is 1. The van der Waals surface area contributed by atoms with Gasteiger partial charge in [-0.2, -0.15) is 4.68 Å². The molecule has 0 radical (unpaired) electrons. The summed E-state index contributed by atoms with van der Waals surface area (Å²) in [5, 5.41) is 3.25. The molecular weight excluding hydrogens is 325 g/mol. The fraction of sp³-hybridized carbons (Fsp3) is 0.412. The van der Waals surface area contributed by atoms with E-state index in [9.17, 15) is 4.39 Å². The molecular formula is C17H23FN5O2+. The van der Waals surface area contributed by atoms with Gasteiger partial charge in [-0.05, 0) is 29.2 Å². The molecule has 1 aromatic heterocycles. The number of aryl methyl sites for hydroxylation is 1. The highest BCUT2D eigenvalue weighted by Crippen LogP contribution is 2.21. The van der Waals surface area contributed by atoms with Gasteiger partial charge in [0.1, 0.15) is 12.4 Å². The van der Waals surface area contributed by atoms with E-state index in [0.717, 1.165) is 30.4 Å². The quantitative estimate of drug-likeness (QED) is 0.759.